The summed E-state index contributed by atoms with van der Waals surface area (Å²) >= 11 is 1.57. The largest absolute Gasteiger partial charge is 0.491 e. The molecular formula is C21H24N4O2S. The maximum absolute atomic E-state index is 12.5. The number of nitrogens with one attached hydrogen (secondary N) is 2. The third kappa shape index (κ3) is 5.60. The van der Waals surface area contributed by atoms with Crippen LogP contribution in [0.15, 0.2) is 60.0 Å². The number of aromatic amines is 1. The molecule has 6 nitrogen and oxygen atoms in total. The number of hydrogen-bond acceptors (Lipinski definition) is 5. The lowest BCUT2D eigenvalue weighted by atomic mass is 10.1. The van der Waals surface area contributed by atoms with Gasteiger partial charge in [-0.05, 0) is 56.2 Å². The van der Waals surface area contributed by atoms with Crippen LogP contribution in [-0.2, 0) is 5.75 Å². The smallest absolute Gasteiger partial charge is 0.251 e. The van der Waals surface area contributed by atoms with Gasteiger partial charge in [0, 0.05) is 11.3 Å². The molecule has 1 unspecified atom stereocenters. The van der Waals surface area contributed by atoms with Crippen LogP contribution in [0.3, 0.4) is 0 Å². The monoisotopic (exact) mass is 396 g/mol. The average Bonchev–Trinajstić information content (AvgIpc) is 3.20. The zero-order chi connectivity index (χ0) is 19.9. The van der Waals surface area contributed by atoms with Gasteiger partial charge in [-0.15, -0.1) is 0 Å². The molecule has 0 bridgehead atoms. The summed E-state index contributed by atoms with van der Waals surface area (Å²) in [6.07, 6.45) is 1.63. The van der Waals surface area contributed by atoms with Gasteiger partial charge < -0.3 is 10.1 Å². The zero-order valence-electron chi connectivity index (χ0n) is 16.2. The van der Waals surface area contributed by atoms with Crippen LogP contribution >= 0.6 is 11.8 Å². The van der Waals surface area contributed by atoms with E-state index in [0.717, 1.165) is 27.8 Å². The Labute approximate surface area is 169 Å². The molecule has 0 spiro atoms. The Kier molecular flexibility index (Phi) is 6.71. The lowest BCUT2D eigenvalue weighted by molar-refractivity contribution is 0.0940. The van der Waals surface area contributed by atoms with Gasteiger partial charge >= 0.3 is 0 Å². The molecule has 28 heavy (non-hydrogen) atoms. The van der Waals surface area contributed by atoms with Crippen LogP contribution in [0.2, 0.25) is 0 Å². The standard InChI is InChI=1S/C21H24N4O2S/c1-14(2)27-19-10-8-17(9-11-19)15(3)24-20(26)18-6-4-16(5-7-18)12-28-21-22-13-23-25-21/h4-11,13-15H,12H2,1-3H3,(H,24,26)(H,22,23,25). The Morgan fingerprint density at radius 1 is 1.11 bits per heavy atom. The van der Waals surface area contributed by atoms with Gasteiger partial charge in [0.2, 0.25) is 0 Å². The Morgan fingerprint density at radius 2 is 1.82 bits per heavy atom. The summed E-state index contributed by atoms with van der Waals surface area (Å²) in [7, 11) is 0. The zero-order valence-corrected chi connectivity index (χ0v) is 17.0. The van der Waals surface area contributed by atoms with Gasteiger partial charge in [0.05, 0.1) is 12.1 Å². The molecule has 1 amide bonds. The summed E-state index contributed by atoms with van der Waals surface area (Å²) < 4.78 is 5.66. The highest BCUT2D eigenvalue weighted by atomic mass is 32.2. The van der Waals surface area contributed by atoms with Gasteiger partial charge in [-0.2, -0.15) is 5.10 Å². The summed E-state index contributed by atoms with van der Waals surface area (Å²) in [5, 5.41) is 10.5. The number of carbonyl (C=O) groups excluding carboxylic acids is 1. The quantitative estimate of drug-likeness (QED) is 0.553. The first-order valence-electron chi connectivity index (χ1n) is 9.16. The third-order valence-corrected chi connectivity index (χ3v) is 5.03. The average molecular weight is 397 g/mol. The number of carbonyl (C=O) groups is 1. The highest BCUT2D eigenvalue weighted by Gasteiger charge is 2.12. The summed E-state index contributed by atoms with van der Waals surface area (Å²) in [6, 6.07) is 15.3. The van der Waals surface area contributed by atoms with Gasteiger partial charge in [0.1, 0.15) is 12.1 Å². The molecule has 1 atom stereocenters. The molecule has 2 aromatic carbocycles. The topological polar surface area (TPSA) is 79.9 Å². The van der Waals surface area contributed by atoms with Gasteiger partial charge in [-0.1, -0.05) is 36.0 Å². The van der Waals surface area contributed by atoms with Crippen LogP contribution in [0.4, 0.5) is 0 Å². The van der Waals surface area contributed by atoms with Crippen molar-refractivity contribution in [1.82, 2.24) is 20.5 Å². The van der Waals surface area contributed by atoms with Crippen molar-refractivity contribution in [1.29, 1.82) is 0 Å². The van der Waals surface area contributed by atoms with Crippen molar-refractivity contribution >= 4 is 17.7 Å². The molecule has 1 aromatic heterocycles. The molecule has 7 heteroatoms. The van der Waals surface area contributed by atoms with E-state index in [2.05, 4.69) is 20.5 Å². The number of aromatic nitrogens is 3. The minimum absolute atomic E-state index is 0.0931. The molecule has 0 aliphatic heterocycles. The van der Waals surface area contributed by atoms with Crippen molar-refractivity contribution in [2.75, 3.05) is 0 Å². The van der Waals surface area contributed by atoms with Crippen molar-refractivity contribution in [3.8, 4) is 5.75 Å². The maximum atomic E-state index is 12.5. The molecule has 3 aromatic rings. The van der Waals surface area contributed by atoms with E-state index in [-0.39, 0.29) is 18.1 Å². The lowest BCUT2D eigenvalue weighted by Crippen LogP contribution is -2.26. The van der Waals surface area contributed by atoms with Gasteiger partial charge in [-0.3, -0.25) is 9.89 Å². The summed E-state index contributed by atoms with van der Waals surface area (Å²) in [5.74, 6) is 1.50. The van der Waals surface area contributed by atoms with Crippen LogP contribution in [0.1, 0.15) is 48.3 Å². The lowest BCUT2D eigenvalue weighted by Gasteiger charge is -2.16. The predicted octanol–water partition coefficient (Wildman–Crippen LogP) is 4.38. The molecule has 2 N–H and O–H groups in total. The van der Waals surface area contributed by atoms with Crippen molar-refractivity contribution in [2.45, 2.75) is 43.8 Å². The molecule has 0 saturated carbocycles. The number of thioether (sulfide) groups is 1. The van der Waals surface area contributed by atoms with E-state index >= 15 is 0 Å². The van der Waals surface area contributed by atoms with E-state index in [1.54, 1.807) is 11.8 Å². The number of ether oxygens (including phenoxy) is 1. The Balaban J connectivity index is 1.54. The van der Waals surface area contributed by atoms with Gasteiger partial charge in [-0.25, -0.2) is 4.98 Å². The Hall–Kier alpha value is -2.80. The number of benzene rings is 2. The van der Waals surface area contributed by atoms with E-state index in [1.165, 1.54) is 6.33 Å². The third-order valence-electron chi connectivity index (χ3n) is 4.08. The van der Waals surface area contributed by atoms with Gasteiger partial charge in [0.25, 0.3) is 5.91 Å². The molecule has 3 rings (SSSR count). The van der Waals surface area contributed by atoms with Crippen molar-refractivity contribution in [3.63, 3.8) is 0 Å². The highest BCUT2D eigenvalue weighted by molar-refractivity contribution is 7.98. The summed E-state index contributed by atoms with van der Waals surface area (Å²) in [4.78, 5) is 16.6. The van der Waals surface area contributed by atoms with Crippen LogP contribution in [0, 0.1) is 0 Å². The molecule has 0 saturated heterocycles. The predicted molar refractivity (Wildman–Crippen MR) is 110 cm³/mol. The summed E-state index contributed by atoms with van der Waals surface area (Å²) in [6.45, 7) is 5.96. The Bertz CT molecular complexity index is 878. The summed E-state index contributed by atoms with van der Waals surface area (Å²) in [5.41, 5.74) is 2.79. The van der Waals surface area contributed by atoms with E-state index in [0.29, 0.717) is 5.56 Å². The molecule has 1 heterocycles. The van der Waals surface area contributed by atoms with Crippen molar-refractivity contribution in [2.24, 2.45) is 0 Å². The maximum Gasteiger partial charge on any atom is 0.251 e. The molecule has 0 aliphatic rings. The minimum Gasteiger partial charge on any atom is -0.491 e. The second kappa shape index (κ2) is 9.41. The van der Waals surface area contributed by atoms with E-state index in [9.17, 15) is 4.79 Å². The molecule has 0 fully saturated rings. The first kappa shape index (κ1) is 19.9. The highest BCUT2D eigenvalue weighted by Crippen LogP contribution is 2.20. The van der Waals surface area contributed by atoms with E-state index in [1.807, 2.05) is 69.3 Å². The normalized spacial score (nSPS) is 12.0. The van der Waals surface area contributed by atoms with Gasteiger partial charge in [0.15, 0.2) is 5.16 Å². The van der Waals surface area contributed by atoms with Crippen LogP contribution in [0.25, 0.3) is 0 Å². The number of H-pyrrole nitrogens is 1. The second-order valence-corrected chi connectivity index (χ2v) is 7.67. The SMILES string of the molecule is CC(C)Oc1ccc(C(C)NC(=O)c2ccc(CSc3ncn[nH]3)cc2)cc1. The molecule has 0 aliphatic carbocycles. The first-order valence-corrected chi connectivity index (χ1v) is 10.1. The number of rotatable bonds is 8. The van der Waals surface area contributed by atoms with Crippen molar-refractivity contribution in [3.05, 3.63) is 71.5 Å². The number of nitrogens with zero attached hydrogens (tertiary/aromatic N) is 2. The van der Waals surface area contributed by atoms with Crippen LogP contribution in [-0.4, -0.2) is 27.2 Å². The van der Waals surface area contributed by atoms with E-state index in [4.69, 9.17) is 4.74 Å². The fourth-order valence-corrected chi connectivity index (χ4v) is 3.37. The van der Waals surface area contributed by atoms with Crippen LogP contribution < -0.4 is 10.1 Å². The number of hydrogen-bond donors (Lipinski definition) is 2. The molecule has 146 valence electrons. The van der Waals surface area contributed by atoms with Crippen molar-refractivity contribution < 1.29 is 9.53 Å². The van der Waals surface area contributed by atoms with Crippen LogP contribution in [0.5, 0.6) is 5.75 Å². The second-order valence-electron chi connectivity index (χ2n) is 6.71. The van der Waals surface area contributed by atoms with E-state index < -0.39 is 0 Å². The first-order chi connectivity index (χ1) is 13.5. The molecular weight excluding hydrogens is 372 g/mol. The molecule has 0 radical (unpaired) electrons. The Morgan fingerprint density at radius 3 is 2.43 bits per heavy atom. The number of amides is 1. The minimum atomic E-state index is -0.0951. The fourth-order valence-electron chi connectivity index (χ4n) is 2.64. The fraction of sp³-hybridized carbons (Fsp3) is 0.286.